The Bertz CT molecular complexity index is 360. The Hall–Kier alpha value is -1.67. The molecule has 4 amide bonds. The summed E-state index contributed by atoms with van der Waals surface area (Å²) in [6.45, 7) is 3.43. The van der Waals surface area contributed by atoms with Gasteiger partial charge in [-0.25, -0.2) is 4.79 Å². The molecule has 0 aromatic carbocycles. The monoisotopic (exact) mass is 271 g/mol. The number of carbonyl (C=O) groups is 3. The van der Waals surface area contributed by atoms with Gasteiger partial charge in [-0.3, -0.25) is 19.8 Å². The van der Waals surface area contributed by atoms with E-state index in [-0.39, 0.29) is 5.91 Å². The molecule has 0 aliphatic carbocycles. The maximum Gasteiger partial charge on any atom is 0.321 e. The van der Waals surface area contributed by atoms with Gasteiger partial charge in [-0.15, -0.1) is 0 Å². The summed E-state index contributed by atoms with van der Waals surface area (Å²) >= 11 is 0. The Morgan fingerprint density at radius 3 is 2.53 bits per heavy atom. The molecule has 0 saturated carbocycles. The van der Waals surface area contributed by atoms with E-state index < -0.39 is 24.0 Å². The fraction of sp³-hybridized carbons (Fsp3) is 0.727. The Morgan fingerprint density at radius 1 is 1.26 bits per heavy atom. The molecule has 2 atom stereocenters. The Kier molecular flexibility index (Phi) is 5.71. The topological polar surface area (TPSA) is 103 Å². The average molecular weight is 271 g/mol. The number of rotatable bonds is 3. The van der Waals surface area contributed by atoms with Gasteiger partial charge in [0.2, 0.25) is 11.8 Å². The highest BCUT2D eigenvalue weighted by Crippen LogP contribution is 2.09. The molecule has 1 aliphatic heterocycles. The van der Waals surface area contributed by atoms with Gasteiger partial charge in [-0.1, -0.05) is 0 Å². The lowest BCUT2D eigenvalue weighted by molar-refractivity contribution is -0.132. The fourth-order valence-corrected chi connectivity index (χ4v) is 2.02. The van der Waals surface area contributed by atoms with E-state index in [0.717, 1.165) is 0 Å². The van der Waals surface area contributed by atoms with Crippen LogP contribution in [0.5, 0.6) is 0 Å². The van der Waals surface area contributed by atoms with Crippen LogP contribution in [-0.4, -0.2) is 68.6 Å². The molecule has 8 heteroatoms. The number of piperazine rings is 1. The van der Waals surface area contributed by atoms with Crippen LogP contribution >= 0.6 is 0 Å². The standard InChI is InChI=1S/C11H21N5O3/c1-7(9(17)15-11(19)13-3)16-5-4-14-6-8(16)10(18)12-2/h7-8,14H,4-6H2,1-3H3,(H,12,18)(H2,13,15,17,19). The van der Waals surface area contributed by atoms with Crippen molar-refractivity contribution in [2.24, 2.45) is 0 Å². The van der Waals surface area contributed by atoms with Crippen LogP contribution in [0, 0.1) is 0 Å². The maximum atomic E-state index is 11.9. The van der Waals surface area contributed by atoms with Gasteiger partial charge in [-0.05, 0) is 6.92 Å². The second kappa shape index (κ2) is 7.05. The first-order valence-electron chi connectivity index (χ1n) is 6.22. The largest absolute Gasteiger partial charge is 0.358 e. The van der Waals surface area contributed by atoms with Gasteiger partial charge in [-0.2, -0.15) is 0 Å². The number of carbonyl (C=O) groups excluding carboxylic acids is 3. The Labute approximate surface area is 112 Å². The highest BCUT2D eigenvalue weighted by atomic mass is 16.2. The number of imide groups is 1. The predicted octanol–water partition coefficient (Wildman–Crippen LogP) is -2.15. The van der Waals surface area contributed by atoms with Gasteiger partial charge in [0.05, 0.1) is 6.04 Å². The smallest absolute Gasteiger partial charge is 0.321 e. The van der Waals surface area contributed by atoms with Crippen LogP contribution in [0.25, 0.3) is 0 Å². The van der Waals surface area contributed by atoms with Gasteiger partial charge in [0.25, 0.3) is 0 Å². The lowest BCUT2D eigenvalue weighted by Gasteiger charge is -2.38. The van der Waals surface area contributed by atoms with Crippen molar-refractivity contribution in [3.8, 4) is 0 Å². The summed E-state index contributed by atoms with van der Waals surface area (Å²) < 4.78 is 0. The van der Waals surface area contributed by atoms with E-state index in [2.05, 4.69) is 21.3 Å². The van der Waals surface area contributed by atoms with Crippen molar-refractivity contribution < 1.29 is 14.4 Å². The molecule has 1 heterocycles. The zero-order valence-electron chi connectivity index (χ0n) is 11.4. The van der Waals surface area contributed by atoms with E-state index >= 15 is 0 Å². The number of urea groups is 1. The van der Waals surface area contributed by atoms with Gasteiger partial charge in [0.1, 0.15) is 6.04 Å². The predicted molar refractivity (Wildman–Crippen MR) is 69.5 cm³/mol. The molecule has 0 spiro atoms. The molecule has 1 fully saturated rings. The Morgan fingerprint density at radius 2 is 1.95 bits per heavy atom. The molecule has 8 nitrogen and oxygen atoms in total. The van der Waals surface area contributed by atoms with Crippen molar-refractivity contribution in [1.29, 1.82) is 0 Å². The number of hydrogen-bond acceptors (Lipinski definition) is 5. The maximum absolute atomic E-state index is 11.9. The van der Waals surface area contributed by atoms with Crippen LogP contribution in [0.3, 0.4) is 0 Å². The summed E-state index contributed by atoms with van der Waals surface area (Å²) in [5, 5.41) is 10.2. The van der Waals surface area contributed by atoms with E-state index in [4.69, 9.17) is 0 Å². The van der Waals surface area contributed by atoms with Crippen LogP contribution in [-0.2, 0) is 9.59 Å². The van der Waals surface area contributed by atoms with Crippen molar-refractivity contribution in [1.82, 2.24) is 26.2 Å². The lowest BCUT2D eigenvalue weighted by atomic mass is 10.1. The van der Waals surface area contributed by atoms with Gasteiger partial charge >= 0.3 is 6.03 Å². The molecule has 108 valence electrons. The van der Waals surface area contributed by atoms with E-state index in [1.165, 1.54) is 7.05 Å². The molecule has 0 aromatic heterocycles. The van der Waals surface area contributed by atoms with Crippen molar-refractivity contribution >= 4 is 17.8 Å². The second-order valence-corrected chi connectivity index (χ2v) is 4.32. The van der Waals surface area contributed by atoms with Crippen LogP contribution < -0.4 is 21.3 Å². The lowest BCUT2D eigenvalue weighted by Crippen LogP contribution is -2.62. The molecule has 4 N–H and O–H groups in total. The third-order valence-electron chi connectivity index (χ3n) is 3.17. The zero-order valence-corrected chi connectivity index (χ0v) is 11.4. The molecule has 1 rings (SSSR count). The van der Waals surface area contributed by atoms with Crippen molar-refractivity contribution in [3.05, 3.63) is 0 Å². The fourth-order valence-electron chi connectivity index (χ4n) is 2.02. The number of likely N-dealkylation sites (N-methyl/N-ethyl adjacent to an activating group) is 1. The summed E-state index contributed by atoms with van der Waals surface area (Å²) in [4.78, 5) is 36.6. The number of nitrogens with zero attached hydrogens (tertiary/aromatic N) is 1. The van der Waals surface area contributed by atoms with E-state index in [9.17, 15) is 14.4 Å². The van der Waals surface area contributed by atoms with Gasteiger partial charge < -0.3 is 16.0 Å². The minimum absolute atomic E-state index is 0.146. The molecular formula is C11H21N5O3. The summed E-state index contributed by atoms with van der Waals surface area (Å²) in [6.07, 6.45) is 0. The van der Waals surface area contributed by atoms with Crippen LogP contribution in [0.15, 0.2) is 0 Å². The third kappa shape index (κ3) is 3.90. The van der Waals surface area contributed by atoms with Crippen molar-refractivity contribution in [2.45, 2.75) is 19.0 Å². The van der Waals surface area contributed by atoms with Crippen LogP contribution in [0.1, 0.15) is 6.92 Å². The normalized spacial score (nSPS) is 21.3. The minimum atomic E-state index is -0.554. The minimum Gasteiger partial charge on any atom is -0.358 e. The third-order valence-corrected chi connectivity index (χ3v) is 3.17. The second-order valence-electron chi connectivity index (χ2n) is 4.32. The SMILES string of the molecule is CNC(=O)NC(=O)C(C)N1CCNCC1C(=O)NC. The molecule has 0 bridgehead atoms. The average Bonchev–Trinajstić information content (AvgIpc) is 2.45. The molecule has 0 aromatic rings. The molecule has 19 heavy (non-hydrogen) atoms. The number of amides is 4. The first-order chi connectivity index (χ1) is 9.01. The first-order valence-corrected chi connectivity index (χ1v) is 6.22. The van der Waals surface area contributed by atoms with E-state index in [0.29, 0.717) is 19.6 Å². The number of hydrogen-bond donors (Lipinski definition) is 4. The summed E-state index contributed by atoms with van der Waals surface area (Å²) in [7, 11) is 3.00. The molecule has 2 unspecified atom stereocenters. The van der Waals surface area contributed by atoms with Crippen molar-refractivity contribution in [2.75, 3.05) is 33.7 Å². The zero-order chi connectivity index (χ0) is 14.4. The highest BCUT2D eigenvalue weighted by Gasteiger charge is 2.34. The van der Waals surface area contributed by atoms with Crippen molar-refractivity contribution in [3.63, 3.8) is 0 Å². The quantitative estimate of drug-likeness (QED) is 0.469. The van der Waals surface area contributed by atoms with Crippen LogP contribution in [0.2, 0.25) is 0 Å². The highest BCUT2D eigenvalue weighted by molar-refractivity contribution is 5.97. The Balaban J connectivity index is 2.71. The summed E-state index contributed by atoms with van der Waals surface area (Å²) in [5.41, 5.74) is 0. The molecule has 0 radical (unpaired) electrons. The van der Waals surface area contributed by atoms with E-state index in [1.54, 1.807) is 18.9 Å². The van der Waals surface area contributed by atoms with E-state index in [1.807, 2.05) is 0 Å². The first kappa shape index (κ1) is 15.4. The van der Waals surface area contributed by atoms with Gasteiger partial charge in [0, 0.05) is 33.7 Å². The summed E-state index contributed by atoms with van der Waals surface area (Å²) in [6, 6.07) is -1.52. The summed E-state index contributed by atoms with van der Waals surface area (Å²) in [5.74, 6) is -0.568. The number of nitrogens with one attached hydrogen (secondary N) is 4. The molecule has 1 saturated heterocycles. The molecule has 1 aliphatic rings. The van der Waals surface area contributed by atoms with Gasteiger partial charge in [0.15, 0.2) is 0 Å². The molecular weight excluding hydrogens is 250 g/mol. The van der Waals surface area contributed by atoms with Crippen LogP contribution in [0.4, 0.5) is 4.79 Å².